The summed E-state index contributed by atoms with van der Waals surface area (Å²) in [5.41, 5.74) is 3.25. The Kier molecular flexibility index (Phi) is 2.86. The third-order valence-electron chi connectivity index (χ3n) is 3.63. The summed E-state index contributed by atoms with van der Waals surface area (Å²) in [5.74, 6) is 0.120. The van der Waals surface area contributed by atoms with Crippen LogP contribution in [0.4, 0.5) is 0 Å². The maximum absolute atomic E-state index is 11.6. The van der Waals surface area contributed by atoms with Crippen LogP contribution in [0.1, 0.15) is 30.6 Å². The molecule has 0 fully saturated rings. The topological polar surface area (TPSA) is 22.0 Å². The molecule has 2 heteroatoms. The minimum Gasteiger partial charge on any atom is -0.340 e. The monoisotopic (exact) mass is 251 g/mol. The Morgan fingerprint density at radius 1 is 1.05 bits per heavy atom. The number of para-hydroxylation sites is 1. The van der Waals surface area contributed by atoms with Gasteiger partial charge >= 0.3 is 0 Å². The van der Waals surface area contributed by atoms with Crippen LogP contribution in [0.3, 0.4) is 0 Å². The smallest absolute Gasteiger partial charge is 0.159 e. The lowest BCUT2D eigenvalue weighted by Crippen LogP contribution is -1.96. The third-order valence-corrected chi connectivity index (χ3v) is 3.63. The zero-order valence-electron chi connectivity index (χ0n) is 11.3. The minimum atomic E-state index is 0.120. The van der Waals surface area contributed by atoms with Crippen LogP contribution in [-0.4, -0.2) is 10.4 Å². The highest BCUT2D eigenvalue weighted by Crippen LogP contribution is 2.30. The molecule has 0 aliphatic heterocycles. The standard InChI is InChI=1S/C17H17NO/c1-3-10-18-16-7-5-4-6-14(16)15-11-13(12(2)19)8-9-17(15)18/h4-9,11H,3,10H2,1-2H3. The van der Waals surface area contributed by atoms with Gasteiger partial charge in [-0.05, 0) is 37.6 Å². The first kappa shape index (κ1) is 12.0. The van der Waals surface area contributed by atoms with Crippen molar-refractivity contribution in [3.05, 3.63) is 48.0 Å². The summed E-state index contributed by atoms with van der Waals surface area (Å²) < 4.78 is 2.34. The molecule has 0 spiro atoms. The van der Waals surface area contributed by atoms with Crippen LogP contribution in [0.2, 0.25) is 0 Å². The van der Waals surface area contributed by atoms with E-state index in [2.05, 4.69) is 41.8 Å². The van der Waals surface area contributed by atoms with E-state index in [0.29, 0.717) is 0 Å². The fourth-order valence-electron chi connectivity index (χ4n) is 2.74. The van der Waals surface area contributed by atoms with Crippen molar-refractivity contribution in [1.29, 1.82) is 0 Å². The molecule has 0 atom stereocenters. The van der Waals surface area contributed by atoms with E-state index in [4.69, 9.17) is 0 Å². The van der Waals surface area contributed by atoms with Gasteiger partial charge in [-0.1, -0.05) is 25.1 Å². The van der Waals surface area contributed by atoms with E-state index in [9.17, 15) is 4.79 Å². The van der Waals surface area contributed by atoms with E-state index in [1.807, 2.05) is 12.1 Å². The third kappa shape index (κ3) is 1.84. The Balaban J connectivity index is 2.41. The maximum Gasteiger partial charge on any atom is 0.159 e. The summed E-state index contributed by atoms with van der Waals surface area (Å²) in [6.45, 7) is 4.81. The van der Waals surface area contributed by atoms with Crippen LogP contribution >= 0.6 is 0 Å². The Bertz CT molecular complexity index is 767. The number of aryl methyl sites for hydroxylation is 1. The summed E-state index contributed by atoms with van der Waals surface area (Å²) in [4.78, 5) is 11.6. The number of aromatic nitrogens is 1. The van der Waals surface area contributed by atoms with Crippen LogP contribution in [0, 0.1) is 0 Å². The Hall–Kier alpha value is -2.09. The van der Waals surface area contributed by atoms with Gasteiger partial charge in [-0.2, -0.15) is 0 Å². The number of carbonyl (C=O) groups is 1. The number of carbonyl (C=O) groups excluding carboxylic acids is 1. The number of fused-ring (bicyclic) bond motifs is 3. The fourth-order valence-corrected chi connectivity index (χ4v) is 2.74. The number of hydrogen-bond donors (Lipinski definition) is 0. The lowest BCUT2D eigenvalue weighted by atomic mass is 10.1. The first-order valence-electron chi connectivity index (χ1n) is 6.74. The van der Waals surface area contributed by atoms with Gasteiger partial charge in [0.25, 0.3) is 0 Å². The molecule has 19 heavy (non-hydrogen) atoms. The minimum absolute atomic E-state index is 0.120. The Labute approximate surface area is 112 Å². The van der Waals surface area contributed by atoms with Crippen LogP contribution in [-0.2, 0) is 6.54 Å². The first-order chi connectivity index (χ1) is 9.22. The summed E-state index contributed by atoms with van der Waals surface area (Å²) in [6.07, 6.45) is 1.10. The molecular weight excluding hydrogens is 234 g/mol. The molecule has 1 heterocycles. The fraction of sp³-hybridized carbons (Fsp3) is 0.235. The largest absolute Gasteiger partial charge is 0.340 e. The molecule has 1 aromatic heterocycles. The van der Waals surface area contributed by atoms with Gasteiger partial charge in [0.05, 0.1) is 0 Å². The molecule has 2 aromatic carbocycles. The zero-order valence-corrected chi connectivity index (χ0v) is 11.3. The van der Waals surface area contributed by atoms with E-state index in [0.717, 1.165) is 18.5 Å². The van der Waals surface area contributed by atoms with Gasteiger partial charge in [0, 0.05) is 33.9 Å². The average molecular weight is 251 g/mol. The van der Waals surface area contributed by atoms with Crippen molar-refractivity contribution < 1.29 is 4.79 Å². The molecule has 0 unspecified atom stereocenters. The lowest BCUT2D eigenvalue weighted by molar-refractivity contribution is 0.101. The summed E-state index contributed by atoms with van der Waals surface area (Å²) in [6, 6.07) is 14.4. The second kappa shape index (κ2) is 4.54. The van der Waals surface area contributed by atoms with Gasteiger partial charge in [-0.25, -0.2) is 0 Å². The second-order valence-electron chi connectivity index (χ2n) is 4.96. The predicted molar refractivity (Wildman–Crippen MR) is 79.7 cm³/mol. The number of benzene rings is 2. The van der Waals surface area contributed by atoms with Crippen molar-refractivity contribution in [3.63, 3.8) is 0 Å². The van der Waals surface area contributed by atoms with Gasteiger partial charge in [0.15, 0.2) is 5.78 Å². The van der Waals surface area contributed by atoms with E-state index in [1.165, 1.54) is 21.8 Å². The molecule has 0 amide bonds. The molecule has 0 aliphatic rings. The van der Waals surface area contributed by atoms with E-state index in [1.54, 1.807) is 6.92 Å². The molecule has 0 N–H and O–H groups in total. The van der Waals surface area contributed by atoms with Crippen molar-refractivity contribution in [3.8, 4) is 0 Å². The summed E-state index contributed by atoms with van der Waals surface area (Å²) >= 11 is 0. The molecule has 0 aliphatic carbocycles. The molecule has 3 aromatic rings. The molecule has 3 rings (SSSR count). The van der Waals surface area contributed by atoms with Gasteiger partial charge in [0.1, 0.15) is 0 Å². The number of hydrogen-bond acceptors (Lipinski definition) is 1. The zero-order chi connectivity index (χ0) is 13.4. The molecular formula is C17H17NO. The molecule has 0 saturated heterocycles. The van der Waals surface area contributed by atoms with E-state index >= 15 is 0 Å². The SMILES string of the molecule is CCCn1c2ccccc2c2cc(C(C)=O)ccc21. The molecule has 96 valence electrons. The Morgan fingerprint density at radius 2 is 1.79 bits per heavy atom. The lowest BCUT2D eigenvalue weighted by Gasteiger charge is -2.05. The average Bonchev–Trinajstić information content (AvgIpc) is 2.74. The number of ketones is 1. The van der Waals surface area contributed by atoms with Crippen LogP contribution in [0.15, 0.2) is 42.5 Å². The van der Waals surface area contributed by atoms with Gasteiger partial charge in [0.2, 0.25) is 0 Å². The van der Waals surface area contributed by atoms with Crippen LogP contribution in [0.5, 0.6) is 0 Å². The van der Waals surface area contributed by atoms with Crippen molar-refractivity contribution in [2.45, 2.75) is 26.8 Å². The first-order valence-corrected chi connectivity index (χ1v) is 6.74. The molecule has 0 radical (unpaired) electrons. The molecule has 2 nitrogen and oxygen atoms in total. The quantitative estimate of drug-likeness (QED) is 0.632. The second-order valence-corrected chi connectivity index (χ2v) is 4.96. The normalized spacial score (nSPS) is 11.3. The van der Waals surface area contributed by atoms with Crippen LogP contribution < -0.4 is 0 Å². The summed E-state index contributed by atoms with van der Waals surface area (Å²) in [5, 5.41) is 2.41. The highest BCUT2D eigenvalue weighted by atomic mass is 16.1. The van der Waals surface area contributed by atoms with Gasteiger partial charge in [-0.15, -0.1) is 0 Å². The molecule has 0 bridgehead atoms. The molecule has 0 saturated carbocycles. The number of rotatable bonds is 3. The van der Waals surface area contributed by atoms with Crippen LogP contribution in [0.25, 0.3) is 21.8 Å². The van der Waals surface area contributed by atoms with E-state index in [-0.39, 0.29) is 5.78 Å². The van der Waals surface area contributed by atoms with Gasteiger partial charge < -0.3 is 4.57 Å². The van der Waals surface area contributed by atoms with Crippen molar-refractivity contribution in [2.24, 2.45) is 0 Å². The predicted octanol–water partition coefficient (Wildman–Crippen LogP) is 4.41. The highest BCUT2D eigenvalue weighted by Gasteiger charge is 2.11. The maximum atomic E-state index is 11.6. The van der Waals surface area contributed by atoms with Crippen molar-refractivity contribution in [2.75, 3.05) is 0 Å². The van der Waals surface area contributed by atoms with Gasteiger partial charge in [-0.3, -0.25) is 4.79 Å². The van der Waals surface area contributed by atoms with E-state index < -0.39 is 0 Å². The summed E-state index contributed by atoms with van der Waals surface area (Å²) in [7, 11) is 0. The highest BCUT2D eigenvalue weighted by molar-refractivity contribution is 6.10. The van der Waals surface area contributed by atoms with Crippen molar-refractivity contribution >= 4 is 27.6 Å². The number of nitrogens with zero attached hydrogens (tertiary/aromatic N) is 1. The Morgan fingerprint density at radius 3 is 2.53 bits per heavy atom. The van der Waals surface area contributed by atoms with Crippen molar-refractivity contribution in [1.82, 2.24) is 4.57 Å². The number of Topliss-reactive ketones (excluding diaryl/α,β-unsaturated/α-hetero) is 1.